The highest BCUT2D eigenvalue weighted by Gasteiger charge is 2.06. The van der Waals surface area contributed by atoms with Crippen molar-refractivity contribution in [2.24, 2.45) is 0 Å². The van der Waals surface area contributed by atoms with Crippen LogP contribution < -0.4 is 10.1 Å². The molecule has 0 fully saturated rings. The first-order valence-electron chi connectivity index (χ1n) is 6.67. The Morgan fingerprint density at radius 3 is 2.55 bits per heavy atom. The minimum atomic E-state index is -0.524. The average Bonchev–Trinajstić information content (AvgIpc) is 3.08. The van der Waals surface area contributed by atoms with Gasteiger partial charge in [0.05, 0.1) is 18.9 Å². The minimum absolute atomic E-state index is 0.309. The van der Waals surface area contributed by atoms with E-state index < -0.39 is 6.09 Å². The molecule has 6 heteroatoms. The van der Waals surface area contributed by atoms with Gasteiger partial charge in [-0.1, -0.05) is 36.4 Å². The number of aromatic nitrogens is 2. The molecule has 0 bridgehead atoms. The first-order chi connectivity index (χ1) is 10.8. The van der Waals surface area contributed by atoms with Crippen LogP contribution >= 0.6 is 11.3 Å². The Labute approximate surface area is 131 Å². The zero-order valence-corrected chi connectivity index (χ0v) is 12.4. The van der Waals surface area contributed by atoms with Gasteiger partial charge in [-0.15, -0.1) is 11.3 Å². The van der Waals surface area contributed by atoms with Gasteiger partial charge in [0.2, 0.25) is 0 Å². The lowest BCUT2D eigenvalue weighted by Crippen LogP contribution is -2.25. The lowest BCUT2D eigenvalue weighted by atomic mass is 10.2. The van der Waals surface area contributed by atoms with Gasteiger partial charge in [0.15, 0.2) is 11.6 Å². The molecule has 0 radical (unpaired) electrons. The van der Waals surface area contributed by atoms with Crippen LogP contribution in [-0.4, -0.2) is 16.1 Å². The number of rotatable bonds is 4. The summed E-state index contributed by atoms with van der Waals surface area (Å²) in [7, 11) is 0. The zero-order valence-electron chi connectivity index (χ0n) is 11.6. The predicted molar refractivity (Wildman–Crippen MR) is 84.7 cm³/mol. The Morgan fingerprint density at radius 2 is 1.86 bits per heavy atom. The second kappa shape index (κ2) is 6.82. The van der Waals surface area contributed by atoms with Crippen LogP contribution in [-0.2, 0) is 6.54 Å². The minimum Gasteiger partial charge on any atom is -0.407 e. The number of amides is 1. The van der Waals surface area contributed by atoms with Gasteiger partial charge in [0, 0.05) is 10.4 Å². The Bertz CT molecular complexity index is 728. The van der Waals surface area contributed by atoms with E-state index in [4.69, 9.17) is 4.74 Å². The molecule has 2 aromatic heterocycles. The van der Waals surface area contributed by atoms with Gasteiger partial charge in [0.1, 0.15) is 0 Å². The van der Waals surface area contributed by atoms with Gasteiger partial charge < -0.3 is 10.1 Å². The molecule has 110 valence electrons. The highest BCUT2D eigenvalue weighted by Crippen LogP contribution is 2.16. The van der Waals surface area contributed by atoms with Crippen LogP contribution in [0.1, 0.15) is 4.88 Å². The van der Waals surface area contributed by atoms with Gasteiger partial charge in [-0.25, -0.2) is 14.8 Å². The van der Waals surface area contributed by atoms with Crippen LogP contribution in [0.4, 0.5) is 4.79 Å². The molecule has 0 aliphatic heterocycles. The van der Waals surface area contributed by atoms with E-state index in [0.29, 0.717) is 18.1 Å². The lowest BCUT2D eigenvalue weighted by Gasteiger charge is -2.05. The van der Waals surface area contributed by atoms with E-state index in [-0.39, 0.29) is 0 Å². The third-order valence-electron chi connectivity index (χ3n) is 2.86. The van der Waals surface area contributed by atoms with Crippen LogP contribution in [0.15, 0.2) is 60.2 Å². The third kappa shape index (κ3) is 3.67. The first kappa shape index (κ1) is 14.2. The van der Waals surface area contributed by atoms with Crippen molar-refractivity contribution in [2.75, 3.05) is 0 Å². The van der Waals surface area contributed by atoms with Crippen molar-refractivity contribution in [3.05, 3.63) is 65.1 Å². The highest BCUT2D eigenvalue weighted by atomic mass is 32.1. The molecular formula is C16H13N3O2S. The molecule has 3 rings (SSSR count). The van der Waals surface area contributed by atoms with Crippen molar-refractivity contribution in [1.82, 2.24) is 15.3 Å². The molecule has 3 aromatic rings. The summed E-state index contributed by atoms with van der Waals surface area (Å²) in [6.07, 6.45) is 2.45. The Morgan fingerprint density at radius 1 is 1.09 bits per heavy atom. The van der Waals surface area contributed by atoms with Gasteiger partial charge in [-0.05, 0) is 11.4 Å². The molecule has 2 heterocycles. The smallest absolute Gasteiger partial charge is 0.407 e. The summed E-state index contributed by atoms with van der Waals surface area (Å²) in [4.78, 5) is 21.1. The molecule has 5 nitrogen and oxygen atoms in total. The van der Waals surface area contributed by atoms with Crippen molar-refractivity contribution in [1.29, 1.82) is 0 Å². The molecular weight excluding hydrogens is 298 g/mol. The standard InChI is InChI=1S/C16H13N3O2S/c20-16(19-11-14-7-4-8-22-14)21-13-9-17-15(18-10-13)12-5-2-1-3-6-12/h1-10H,11H2,(H,19,20). The molecule has 0 atom stereocenters. The molecule has 1 aromatic carbocycles. The van der Waals surface area contributed by atoms with Crippen LogP contribution in [0, 0.1) is 0 Å². The van der Waals surface area contributed by atoms with Gasteiger partial charge in [0.25, 0.3) is 0 Å². The second-order valence-corrected chi connectivity index (χ2v) is 5.46. The van der Waals surface area contributed by atoms with E-state index in [0.717, 1.165) is 10.4 Å². The summed E-state index contributed by atoms with van der Waals surface area (Å²) in [5.41, 5.74) is 0.913. The van der Waals surface area contributed by atoms with Crippen molar-refractivity contribution in [3.8, 4) is 17.1 Å². The number of carbonyl (C=O) groups is 1. The van der Waals surface area contributed by atoms with E-state index in [1.807, 2.05) is 47.8 Å². The van der Waals surface area contributed by atoms with E-state index in [1.165, 1.54) is 12.4 Å². The normalized spacial score (nSPS) is 10.2. The van der Waals surface area contributed by atoms with Crippen LogP contribution in [0.2, 0.25) is 0 Å². The number of benzene rings is 1. The maximum Gasteiger partial charge on any atom is 0.413 e. The van der Waals surface area contributed by atoms with E-state index in [9.17, 15) is 4.79 Å². The van der Waals surface area contributed by atoms with Crippen LogP contribution in [0.25, 0.3) is 11.4 Å². The zero-order chi connectivity index (χ0) is 15.2. The van der Waals surface area contributed by atoms with Gasteiger partial charge in [-0.2, -0.15) is 0 Å². The summed E-state index contributed by atoms with van der Waals surface area (Å²) in [5.74, 6) is 0.898. The molecule has 1 N–H and O–H groups in total. The van der Waals surface area contributed by atoms with E-state index >= 15 is 0 Å². The average molecular weight is 311 g/mol. The fourth-order valence-corrected chi connectivity index (χ4v) is 2.47. The van der Waals surface area contributed by atoms with E-state index in [1.54, 1.807) is 11.3 Å². The Balaban J connectivity index is 1.58. The number of hydrogen-bond acceptors (Lipinski definition) is 5. The monoisotopic (exact) mass is 311 g/mol. The number of nitrogens with zero attached hydrogens (tertiary/aromatic N) is 2. The SMILES string of the molecule is O=C(NCc1cccs1)Oc1cnc(-c2ccccc2)nc1. The fraction of sp³-hybridized carbons (Fsp3) is 0.0625. The maximum atomic E-state index is 11.7. The van der Waals surface area contributed by atoms with Gasteiger partial charge in [-0.3, -0.25) is 0 Å². The van der Waals surface area contributed by atoms with Gasteiger partial charge >= 0.3 is 6.09 Å². The summed E-state index contributed by atoms with van der Waals surface area (Å²) < 4.78 is 5.13. The quantitative estimate of drug-likeness (QED) is 0.801. The molecule has 22 heavy (non-hydrogen) atoms. The van der Waals surface area contributed by atoms with Crippen molar-refractivity contribution in [2.45, 2.75) is 6.54 Å². The Hall–Kier alpha value is -2.73. The summed E-state index contributed by atoms with van der Waals surface area (Å²) in [6.45, 7) is 0.444. The number of hydrogen-bond donors (Lipinski definition) is 1. The number of ether oxygens (including phenoxy) is 1. The highest BCUT2D eigenvalue weighted by molar-refractivity contribution is 7.09. The molecule has 0 unspecified atom stereocenters. The molecule has 1 amide bonds. The molecule has 0 spiro atoms. The second-order valence-electron chi connectivity index (χ2n) is 4.43. The molecule has 0 aliphatic carbocycles. The van der Waals surface area contributed by atoms with Crippen molar-refractivity contribution < 1.29 is 9.53 Å². The van der Waals surface area contributed by atoms with E-state index in [2.05, 4.69) is 15.3 Å². The number of nitrogens with one attached hydrogen (secondary N) is 1. The summed E-state index contributed by atoms with van der Waals surface area (Å²) in [5, 5.41) is 4.63. The molecule has 0 aliphatic rings. The first-order valence-corrected chi connectivity index (χ1v) is 7.55. The number of carbonyl (C=O) groups excluding carboxylic acids is 1. The third-order valence-corrected chi connectivity index (χ3v) is 3.73. The fourth-order valence-electron chi connectivity index (χ4n) is 1.82. The topological polar surface area (TPSA) is 64.1 Å². The Kier molecular flexibility index (Phi) is 4.41. The summed E-state index contributed by atoms with van der Waals surface area (Å²) in [6, 6.07) is 13.5. The number of thiophene rings is 1. The molecule has 0 saturated heterocycles. The van der Waals surface area contributed by atoms with Crippen molar-refractivity contribution >= 4 is 17.4 Å². The molecule has 0 saturated carbocycles. The largest absolute Gasteiger partial charge is 0.413 e. The predicted octanol–water partition coefficient (Wildman–Crippen LogP) is 3.49. The van der Waals surface area contributed by atoms with Crippen molar-refractivity contribution in [3.63, 3.8) is 0 Å². The van der Waals surface area contributed by atoms with Crippen LogP contribution in [0.5, 0.6) is 5.75 Å². The van der Waals surface area contributed by atoms with Crippen LogP contribution in [0.3, 0.4) is 0 Å². The lowest BCUT2D eigenvalue weighted by molar-refractivity contribution is 0.199. The maximum absolute atomic E-state index is 11.7. The summed E-state index contributed by atoms with van der Waals surface area (Å²) >= 11 is 1.58.